The quantitative estimate of drug-likeness (QED) is 0.773. The normalized spacial score (nSPS) is 15.2. The Morgan fingerprint density at radius 3 is 2.57 bits per heavy atom. The van der Waals surface area contributed by atoms with E-state index in [1.165, 1.54) is 4.31 Å². The predicted octanol–water partition coefficient (Wildman–Crippen LogP) is 2.37. The summed E-state index contributed by atoms with van der Waals surface area (Å²) in [4.78, 5) is 12.4. The van der Waals surface area contributed by atoms with Gasteiger partial charge < -0.3 is 15.4 Å². The molecule has 7 nitrogen and oxygen atoms in total. The first-order valence-electron chi connectivity index (χ1n) is 9.15. The first-order chi connectivity index (χ1) is 13.4. The summed E-state index contributed by atoms with van der Waals surface area (Å²) in [5.41, 5.74) is 3.46. The van der Waals surface area contributed by atoms with E-state index in [4.69, 9.17) is 4.74 Å². The maximum Gasteiger partial charge on any atom is 0.243 e. The van der Waals surface area contributed by atoms with E-state index in [2.05, 4.69) is 10.6 Å². The molecule has 3 rings (SSSR count). The lowest BCUT2D eigenvalue weighted by molar-refractivity contribution is -0.114. The van der Waals surface area contributed by atoms with Crippen molar-refractivity contribution in [2.24, 2.45) is 0 Å². The minimum absolute atomic E-state index is 0.0361. The first-order valence-corrected chi connectivity index (χ1v) is 10.6. The number of carbonyl (C=O) groups is 1. The Balaban J connectivity index is 1.63. The zero-order valence-corrected chi connectivity index (χ0v) is 16.9. The van der Waals surface area contributed by atoms with Gasteiger partial charge in [-0.25, -0.2) is 8.42 Å². The third-order valence-electron chi connectivity index (χ3n) is 4.55. The van der Waals surface area contributed by atoms with Gasteiger partial charge in [-0.15, -0.1) is 0 Å². The average molecular weight is 404 g/mol. The fourth-order valence-corrected chi connectivity index (χ4v) is 4.49. The summed E-state index contributed by atoms with van der Waals surface area (Å²) < 4.78 is 32.1. The lowest BCUT2D eigenvalue weighted by Crippen LogP contribution is -2.40. The summed E-state index contributed by atoms with van der Waals surface area (Å²) in [7, 11) is -3.57. The van der Waals surface area contributed by atoms with Crippen molar-refractivity contribution >= 4 is 27.3 Å². The highest BCUT2D eigenvalue weighted by molar-refractivity contribution is 7.89. The highest BCUT2D eigenvalue weighted by atomic mass is 32.2. The molecular formula is C20H25N3O4S. The molecule has 0 atom stereocenters. The predicted molar refractivity (Wildman–Crippen MR) is 109 cm³/mol. The monoisotopic (exact) mass is 403 g/mol. The molecule has 0 radical (unpaired) electrons. The SMILES string of the molecule is Cc1ccc(NC(=O)CNc2cccc(S(=O)(=O)N3CCOCC3)c2)c(C)c1. The van der Waals surface area contributed by atoms with Crippen LogP contribution >= 0.6 is 0 Å². The van der Waals surface area contributed by atoms with Crippen molar-refractivity contribution in [2.45, 2.75) is 18.7 Å². The maximum atomic E-state index is 12.7. The van der Waals surface area contributed by atoms with Crippen molar-refractivity contribution in [3.05, 3.63) is 53.6 Å². The molecule has 1 aliphatic heterocycles. The minimum atomic E-state index is -3.57. The summed E-state index contributed by atoms with van der Waals surface area (Å²) in [5.74, 6) is -0.201. The zero-order valence-electron chi connectivity index (χ0n) is 16.1. The molecule has 0 bridgehead atoms. The van der Waals surface area contributed by atoms with Gasteiger partial charge in [-0.05, 0) is 43.7 Å². The average Bonchev–Trinajstić information content (AvgIpc) is 2.69. The van der Waals surface area contributed by atoms with Crippen LogP contribution in [0, 0.1) is 13.8 Å². The van der Waals surface area contributed by atoms with E-state index in [1.807, 2.05) is 32.0 Å². The van der Waals surface area contributed by atoms with Crippen molar-refractivity contribution in [3.8, 4) is 0 Å². The molecule has 1 fully saturated rings. The first kappa shape index (κ1) is 20.3. The summed E-state index contributed by atoms with van der Waals surface area (Å²) in [6.07, 6.45) is 0. The van der Waals surface area contributed by atoms with E-state index in [1.54, 1.807) is 24.3 Å². The van der Waals surface area contributed by atoms with Gasteiger partial charge in [-0.1, -0.05) is 23.8 Å². The number of ether oxygens (including phenoxy) is 1. The Kier molecular flexibility index (Phi) is 6.33. The molecule has 2 N–H and O–H groups in total. The van der Waals surface area contributed by atoms with Gasteiger partial charge in [0.05, 0.1) is 24.7 Å². The summed E-state index contributed by atoms with van der Waals surface area (Å²) in [6, 6.07) is 12.3. The van der Waals surface area contributed by atoms with Crippen LogP contribution in [0.25, 0.3) is 0 Å². The molecule has 2 aromatic rings. The number of rotatable bonds is 6. The van der Waals surface area contributed by atoms with E-state index >= 15 is 0 Å². The Hall–Kier alpha value is -2.42. The third kappa shape index (κ3) is 4.89. The highest BCUT2D eigenvalue weighted by Crippen LogP contribution is 2.21. The van der Waals surface area contributed by atoms with Crippen molar-refractivity contribution in [2.75, 3.05) is 43.5 Å². The molecule has 150 valence electrons. The van der Waals surface area contributed by atoms with E-state index < -0.39 is 10.0 Å². The number of hydrogen-bond acceptors (Lipinski definition) is 5. The molecule has 2 aromatic carbocycles. The van der Waals surface area contributed by atoms with Crippen LogP contribution in [-0.2, 0) is 19.6 Å². The summed E-state index contributed by atoms with van der Waals surface area (Å²) in [6.45, 7) is 5.46. The van der Waals surface area contributed by atoms with Crippen LogP contribution in [0.4, 0.5) is 11.4 Å². The number of nitrogens with one attached hydrogen (secondary N) is 2. The lowest BCUT2D eigenvalue weighted by atomic mass is 10.1. The van der Waals surface area contributed by atoms with Crippen molar-refractivity contribution in [1.82, 2.24) is 4.31 Å². The molecule has 0 unspecified atom stereocenters. The van der Waals surface area contributed by atoms with Gasteiger partial charge >= 0.3 is 0 Å². The molecular weight excluding hydrogens is 378 g/mol. The number of hydrogen-bond donors (Lipinski definition) is 2. The lowest BCUT2D eigenvalue weighted by Gasteiger charge is -2.26. The van der Waals surface area contributed by atoms with Crippen LogP contribution in [0.2, 0.25) is 0 Å². The van der Waals surface area contributed by atoms with Gasteiger partial charge in [-0.3, -0.25) is 4.79 Å². The molecule has 0 spiro atoms. The smallest absolute Gasteiger partial charge is 0.243 e. The van der Waals surface area contributed by atoms with Crippen LogP contribution in [0.5, 0.6) is 0 Å². The van der Waals surface area contributed by atoms with Crippen LogP contribution in [0.1, 0.15) is 11.1 Å². The van der Waals surface area contributed by atoms with Crippen LogP contribution in [0.15, 0.2) is 47.4 Å². The topological polar surface area (TPSA) is 87.7 Å². The largest absolute Gasteiger partial charge is 0.379 e. The number of amides is 1. The van der Waals surface area contributed by atoms with Crippen molar-refractivity contribution in [3.63, 3.8) is 0 Å². The molecule has 0 saturated carbocycles. The van der Waals surface area contributed by atoms with E-state index in [0.717, 1.165) is 16.8 Å². The fourth-order valence-electron chi connectivity index (χ4n) is 3.03. The molecule has 8 heteroatoms. The van der Waals surface area contributed by atoms with Gasteiger partial charge in [0.2, 0.25) is 15.9 Å². The van der Waals surface area contributed by atoms with Gasteiger partial charge in [-0.2, -0.15) is 4.31 Å². The molecule has 0 aliphatic carbocycles. The molecule has 28 heavy (non-hydrogen) atoms. The highest BCUT2D eigenvalue weighted by Gasteiger charge is 2.26. The van der Waals surface area contributed by atoms with Crippen molar-refractivity contribution < 1.29 is 17.9 Å². The second kappa shape index (κ2) is 8.72. The van der Waals surface area contributed by atoms with E-state index in [-0.39, 0.29) is 17.3 Å². The number of nitrogens with zero attached hydrogens (tertiary/aromatic N) is 1. The Morgan fingerprint density at radius 1 is 1.11 bits per heavy atom. The van der Waals surface area contributed by atoms with Gasteiger partial charge in [0.1, 0.15) is 0 Å². The zero-order chi connectivity index (χ0) is 20.1. The van der Waals surface area contributed by atoms with Crippen LogP contribution in [-0.4, -0.2) is 51.5 Å². The van der Waals surface area contributed by atoms with Gasteiger partial charge in [0, 0.05) is 24.5 Å². The maximum absolute atomic E-state index is 12.7. The number of morpholine rings is 1. The third-order valence-corrected chi connectivity index (χ3v) is 6.45. The van der Waals surface area contributed by atoms with Gasteiger partial charge in [0.15, 0.2) is 0 Å². The standard InChI is InChI=1S/C20H25N3O4S/c1-15-6-7-19(16(2)12-15)22-20(24)14-21-17-4-3-5-18(13-17)28(25,26)23-8-10-27-11-9-23/h3-7,12-13,21H,8-11,14H2,1-2H3,(H,22,24). The Labute approximate surface area is 165 Å². The molecule has 1 amide bonds. The minimum Gasteiger partial charge on any atom is -0.379 e. The second-order valence-electron chi connectivity index (χ2n) is 6.76. The number of aryl methyl sites for hydroxylation is 2. The van der Waals surface area contributed by atoms with Crippen LogP contribution in [0.3, 0.4) is 0 Å². The molecule has 1 aliphatic rings. The van der Waals surface area contributed by atoms with Crippen LogP contribution < -0.4 is 10.6 Å². The Bertz CT molecular complexity index is 954. The number of carbonyl (C=O) groups excluding carboxylic acids is 1. The number of sulfonamides is 1. The van der Waals surface area contributed by atoms with Gasteiger partial charge in [0.25, 0.3) is 0 Å². The second-order valence-corrected chi connectivity index (χ2v) is 8.70. The molecule has 1 heterocycles. The molecule has 1 saturated heterocycles. The van der Waals surface area contributed by atoms with E-state index in [0.29, 0.717) is 32.0 Å². The number of anilines is 2. The fraction of sp³-hybridized carbons (Fsp3) is 0.350. The summed E-state index contributed by atoms with van der Waals surface area (Å²) in [5, 5.41) is 5.85. The molecule has 0 aromatic heterocycles. The summed E-state index contributed by atoms with van der Waals surface area (Å²) >= 11 is 0. The number of benzene rings is 2. The Morgan fingerprint density at radius 2 is 1.86 bits per heavy atom. The van der Waals surface area contributed by atoms with E-state index in [9.17, 15) is 13.2 Å². The van der Waals surface area contributed by atoms with Crippen molar-refractivity contribution in [1.29, 1.82) is 0 Å².